The summed E-state index contributed by atoms with van der Waals surface area (Å²) in [6, 6.07) is 0.716. The fraction of sp³-hybridized carbons (Fsp3) is 1.00. The molecule has 0 spiro atoms. The van der Waals surface area contributed by atoms with Gasteiger partial charge in [-0.1, -0.05) is 13.8 Å². The molecule has 2 atom stereocenters. The highest BCUT2D eigenvalue weighted by atomic mass is 15.2. The Bertz CT molecular complexity index is 170. The molecule has 0 aromatic heterocycles. The predicted molar refractivity (Wildman–Crippen MR) is 66.2 cm³/mol. The molecule has 0 aromatic rings. The minimum absolute atomic E-state index is 0.716. The van der Waals surface area contributed by atoms with Crippen molar-refractivity contribution >= 4 is 0 Å². The Morgan fingerprint density at radius 3 is 2.53 bits per heavy atom. The summed E-state index contributed by atoms with van der Waals surface area (Å²) in [6.07, 6.45) is 1.31. The van der Waals surface area contributed by atoms with Gasteiger partial charge in [-0.2, -0.15) is 0 Å². The number of likely N-dealkylation sites (N-methyl/N-ethyl adjacent to an activating group) is 1. The lowest BCUT2D eigenvalue weighted by Gasteiger charge is -2.23. The van der Waals surface area contributed by atoms with Crippen LogP contribution in [0.25, 0.3) is 0 Å². The van der Waals surface area contributed by atoms with Crippen molar-refractivity contribution in [2.45, 2.75) is 26.3 Å². The second-order valence-corrected chi connectivity index (χ2v) is 5.22. The molecule has 1 heterocycles. The van der Waals surface area contributed by atoms with Gasteiger partial charge in [0.1, 0.15) is 0 Å². The molecular formula is C12H27N3. The van der Waals surface area contributed by atoms with Crippen LogP contribution in [0.1, 0.15) is 20.3 Å². The molecule has 0 amide bonds. The van der Waals surface area contributed by atoms with Crippen molar-refractivity contribution in [1.29, 1.82) is 0 Å². The molecule has 1 rings (SSSR count). The first-order chi connectivity index (χ1) is 7.13. The zero-order valence-electron chi connectivity index (χ0n) is 10.7. The van der Waals surface area contributed by atoms with Crippen molar-refractivity contribution in [2.24, 2.45) is 11.8 Å². The topological polar surface area (TPSA) is 27.3 Å². The summed E-state index contributed by atoms with van der Waals surface area (Å²) >= 11 is 0. The van der Waals surface area contributed by atoms with E-state index in [0.29, 0.717) is 6.04 Å². The van der Waals surface area contributed by atoms with E-state index < -0.39 is 0 Å². The number of hydrogen-bond donors (Lipinski definition) is 2. The molecule has 0 radical (unpaired) electrons. The van der Waals surface area contributed by atoms with Gasteiger partial charge in [-0.3, -0.25) is 0 Å². The fourth-order valence-corrected chi connectivity index (χ4v) is 2.23. The van der Waals surface area contributed by atoms with Gasteiger partial charge < -0.3 is 15.5 Å². The second-order valence-electron chi connectivity index (χ2n) is 5.22. The van der Waals surface area contributed by atoms with Crippen LogP contribution in [0.5, 0.6) is 0 Å². The Labute approximate surface area is 94.6 Å². The zero-order chi connectivity index (χ0) is 11.3. The Kier molecular flexibility index (Phi) is 5.58. The largest absolute Gasteiger partial charge is 0.319 e. The van der Waals surface area contributed by atoms with E-state index >= 15 is 0 Å². The highest BCUT2D eigenvalue weighted by Gasteiger charge is 2.20. The van der Waals surface area contributed by atoms with Crippen LogP contribution in [-0.2, 0) is 0 Å². The zero-order valence-corrected chi connectivity index (χ0v) is 10.7. The Morgan fingerprint density at radius 2 is 2.07 bits per heavy atom. The Hall–Kier alpha value is -0.120. The van der Waals surface area contributed by atoms with Gasteiger partial charge in [0.25, 0.3) is 0 Å². The maximum atomic E-state index is 3.70. The predicted octanol–water partition coefficient (Wildman–Crippen LogP) is 0.772. The average Bonchev–Trinajstić information content (AvgIpc) is 2.58. The van der Waals surface area contributed by atoms with Crippen LogP contribution in [0.15, 0.2) is 0 Å². The minimum Gasteiger partial charge on any atom is -0.319 e. The van der Waals surface area contributed by atoms with Crippen LogP contribution in [0.4, 0.5) is 0 Å². The van der Waals surface area contributed by atoms with E-state index in [2.05, 4.69) is 36.4 Å². The van der Waals surface area contributed by atoms with E-state index in [1.807, 2.05) is 7.05 Å². The van der Waals surface area contributed by atoms with E-state index in [1.54, 1.807) is 0 Å². The highest BCUT2D eigenvalue weighted by molar-refractivity contribution is 4.80. The molecule has 3 nitrogen and oxygen atoms in total. The van der Waals surface area contributed by atoms with Gasteiger partial charge in [0.15, 0.2) is 0 Å². The maximum Gasteiger partial charge on any atom is 0.0207 e. The minimum atomic E-state index is 0.716. The van der Waals surface area contributed by atoms with Crippen molar-refractivity contribution in [3.63, 3.8) is 0 Å². The second kappa shape index (κ2) is 6.46. The van der Waals surface area contributed by atoms with Crippen molar-refractivity contribution in [1.82, 2.24) is 15.5 Å². The van der Waals surface area contributed by atoms with Crippen LogP contribution in [0.2, 0.25) is 0 Å². The quantitative estimate of drug-likeness (QED) is 0.682. The van der Waals surface area contributed by atoms with Crippen LogP contribution in [-0.4, -0.2) is 51.2 Å². The summed E-state index contributed by atoms with van der Waals surface area (Å²) in [5.41, 5.74) is 0. The van der Waals surface area contributed by atoms with Crippen LogP contribution in [0.3, 0.4) is 0 Å². The third-order valence-electron chi connectivity index (χ3n) is 3.47. The van der Waals surface area contributed by atoms with Crippen molar-refractivity contribution < 1.29 is 0 Å². The van der Waals surface area contributed by atoms with E-state index in [9.17, 15) is 0 Å². The van der Waals surface area contributed by atoms with Gasteiger partial charge in [0, 0.05) is 12.6 Å². The van der Waals surface area contributed by atoms with Crippen molar-refractivity contribution in [2.75, 3.05) is 40.3 Å². The molecule has 1 aliphatic heterocycles. The lowest BCUT2D eigenvalue weighted by Crippen LogP contribution is -2.39. The monoisotopic (exact) mass is 213 g/mol. The first-order valence-corrected chi connectivity index (χ1v) is 6.20. The van der Waals surface area contributed by atoms with Gasteiger partial charge in [-0.15, -0.1) is 0 Å². The molecule has 0 saturated carbocycles. The number of hydrogen-bond acceptors (Lipinski definition) is 3. The van der Waals surface area contributed by atoms with E-state index in [1.165, 1.54) is 19.5 Å². The van der Waals surface area contributed by atoms with Crippen LogP contribution >= 0.6 is 0 Å². The number of nitrogens with zero attached hydrogens (tertiary/aromatic N) is 1. The molecule has 0 aliphatic carbocycles. The van der Waals surface area contributed by atoms with Gasteiger partial charge >= 0.3 is 0 Å². The molecule has 2 N–H and O–H groups in total. The molecule has 0 aromatic carbocycles. The number of nitrogens with one attached hydrogen (secondary N) is 2. The average molecular weight is 213 g/mol. The molecule has 1 aliphatic rings. The summed E-state index contributed by atoms with van der Waals surface area (Å²) in [7, 11) is 4.24. The number of rotatable bonds is 6. The van der Waals surface area contributed by atoms with E-state index in [0.717, 1.165) is 24.9 Å². The summed E-state index contributed by atoms with van der Waals surface area (Å²) in [4.78, 5) is 2.40. The van der Waals surface area contributed by atoms with Gasteiger partial charge in [-0.05, 0) is 52.0 Å². The standard InChI is InChI=1S/C12H27N3/c1-10(2)11(7-13-3)8-14-12-5-6-15(4)9-12/h10-14H,5-9H2,1-4H3. The van der Waals surface area contributed by atoms with Gasteiger partial charge in [-0.25, -0.2) is 0 Å². The van der Waals surface area contributed by atoms with Crippen molar-refractivity contribution in [3.8, 4) is 0 Å². The lowest BCUT2D eigenvalue weighted by atomic mass is 9.95. The summed E-state index contributed by atoms with van der Waals surface area (Å²) in [5.74, 6) is 1.50. The molecule has 90 valence electrons. The summed E-state index contributed by atoms with van der Waals surface area (Å²) in [5, 5.41) is 6.98. The third-order valence-corrected chi connectivity index (χ3v) is 3.47. The molecule has 1 fully saturated rings. The number of likely N-dealkylation sites (tertiary alicyclic amines) is 1. The van der Waals surface area contributed by atoms with Crippen LogP contribution < -0.4 is 10.6 Å². The Morgan fingerprint density at radius 1 is 1.33 bits per heavy atom. The summed E-state index contributed by atoms with van der Waals surface area (Å²) in [6.45, 7) is 9.35. The van der Waals surface area contributed by atoms with E-state index in [4.69, 9.17) is 0 Å². The van der Waals surface area contributed by atoms with Crippen molar-refractivity contribution in [3.05, 3.63) is 0 Å². The molecule has 2 unspecified atom stereocenters. The third kappa shape index (κ3) is 4.49. The first-order valence-electron chi connectivity index (χ1n) is 6.20. The summed E-state index contributed by atoms with van der Waals surface area (Å²) < 4.78 is 0. The Balaban J connectivity index is 2.21. The molecule has 0 bridgehead atoms. The first kappa shape index (κ1) is 12.9. The van der Waals surface area contributed by atoms with Crippen LogP contribution in [0, 0.1) is 11.8 Å². The molecule has 1 saturated heterocycles. The molecule has 15 heavy (non-hydrogen) atoms. The highest BCUT2D eigenvalue weighted by Crippen LogP contribution is 2.11. The van der Waals surface area contributed by atoms with Gasteiger partial charge in [0.05, 0.1) is 0 Å². The smallest absolute Gasteiger partial charge is 0.0207 e. The lowest BCUT2D eigenvalue weighted by molar-refractivity contribution is 0.329. The normalized spacial score (nSPS) is 25.0. The van der Waals surface area contributed by atoms with E-state index in [-0.39, 0.29) is 0 Å². The fourth-order valence-electron chi connectivity index (χ4n) is 2.23. The van der Waals surface area contributed by atoms with Gasteiger partial charge in [0.2, 0.25) is 0 Å². The molecule has 3 heteroatoms. The maximum absolute atomic E-state index is 3.70. The SMILES string of the molecule is CNCC(CNC1CCN(C)C1)C(C)C. The molecular weight excluding hydrogens is 186 g/mol.